The van der Waals surface area contributed by atoms with Crippen LogP contribution in [0.3, 0.4) is 0 Å². The highest BCUT2D eigenvalue weighted by atomic mass is 35.7. The van der Waals surface area contributed by atoms with Crippen molar-refractivity contribution in [2.75, 3.05) is 0 Å². The summed E-state index contributed by atoms with van der Waals surface area (Å²) in [6.07, 6.45) is 1.62. The molecule has 2 heterocycles. The van der Waals surface area contributed by atoms with Crippen LogP contribution >= 0.6 is 10.7 Å². The van der Waals surface area contributed by atoms with E-state index in [1.54, 1.807) is 6.20 Å². The van der Waals surface area contributed by atoms with Crippen molar-refractivity contribution < 1.29 is 8.42 Å². The number of hydrogen-bond donors (Lipinski definition) is 1. The van der Waals surface area contributed by atoms with Gasteiger partial charge in [-0.25, -0.2) is 8.42 Å². The Hall–Kier alpha value is -1.59. The van der Waals surface area contributed by atoms with Crippen molar-refractivity contribution in [3.63, 3.8) is 0 Å². The Morgan fingerprint density at radius 3 is 2.76 bits per heavy atom. The molecular weight excluding hydrogens is 260 g/mol. The molecule has 0 saturated heterocycles. The van der Waals surface area contributed by atoms with Crippen LogP contribution in [0.2, 0.25) is 0 Å². The van der Waals surface area contributed by atoms with Gasteiger partial charge in [0.05, 0.1) is 11.0 Å². The van der Waals surface area contributed by atoms with Crippen LogP contribution in [0.25, 0.3) is 21.8 Å². The Labute approximate surface area is 102 Å². The van der Waals surface area contributed by atoms with Crippen molar-refractivity contribution in [3.8, 4) is 0 Å². The summed E-state index contributed by atoms with van der Waals surface area (Å²) in [7, 11) is 1.56. The fraction of sp³-hybridized carbons (Fsp3) is 0. The van der Waals surface area contributed by atoms with Gasteiger partial charge in [0.1, 0.15) is 5.03 Å². The maximum Gasteiger partial charge on any atom is 0.276 e. The van der Waals surface area contributed by atoms with Gasteiger partial charge in [-0.1, -0.05) is 18.2 Å². The average molecular weight is 267 g/mol. The summed E-state index contributed by atoms with van der Waals surface area (Å²) >= 11 is 0. The van der Waals surface area contributed by atoms with Crippen molar-refractivity contribution >= 4 is 41.5 Å². The second-order valence-corrected chi connectivity index (χ2v) is 6.21. The van der Waals surface area contributed by atoms with E-state index in [9.17, 15) is 8.42 Å². The first-order valence-corrected chi connectivity index (χ1v) is 7.18. The first-order valence-electron chi connectivity index (χ1n) is 4.87. The molecule has 86 valence electrons. The molecule has 3 aromatic rings. The highest BCUT2D eigenvalue weighted by molar-refractivity contribution is 8.13. The number of pyridine rings is 1. The van der Waals surface area contributed by atoms with Gasteiger partial charge in [0.2, 0.25) is 0 Å². The number of H-pyrrole nitrogens is 1. The third kappa shape index (κ3) is 1.67. The second kappa shape index (κ2) is 3.45. The molecule has 0 amide bonds. The lowest BCUT2D eigenvalue weighted by atomic mass is 10.2. The maximum atomic E-state index is 11.3. The van der Waals surface area contributed by atoms with Gasteiger partial charge in [0, 0.05) is 27.7 Å². The molecule has 3 rings (SSSR count). The number of nitrogens with zero attached hydrogens (tertiary/aromatic N) is 1. The van der Waals surface area contributed by atoms with E-state index in [1.165, 1.54) is 6.07 Å². The minimum Gasteiger partial charge on any atom is -0.344 e. The van der Waals surface area contributed by atoms with E-state index < -0.39 is 9.05 Å². The van der Waals surface area contributed by atoms with Crippen LogP contribution in [-0.2, 0) is 9.05 Å². The van der Waals surface area contributed by atoms with Crippen LogP contribution in [0.1, 0.15) is 0 Å². The van der Waals surface area contributed by atoms with Crippen molar-refractivity contribution in [2.24, 2.45) is 0 Å². The lowest BCUT2D eigenvalue weighted by molar-refractivity contribution is 0.607. The molecule has 17 heavy (non-hydrogen) atoms. The lowest BCUT2D eigenvalue weighted by Crippen LogP contribution is -1.89. The molecule has 4 nitrogen and oxygen atoms in total. The van der Waals surface area contributed by atoms with Gasteiger partial charge in [-0.2, -0.15) is 0 Å². The van der Waals surface area contributed by atoms with Gasteiger partial charge >= 0.3 is 0 Å². The normalized spacial score (nSPS) is 12.3. The average Bonchev–Trinajstić information content (AvgIpc) is 2.72. The van der Waals surface area contributed by atoms with Crippen LogP contribution in [0, 0.1) is 0 Å². The predicted molar refractivity (Wildman–Crippen MR) is 66.6 cm³/mol. The largest absolute Gasteiger partial charge is 0.344 e. The number of halogens is 1. The second-order valence-electron chi connectivity index (χ2n) is 3.68. The van der Waals surface area contributed by atoms with Crippen molar-refractivity contribution in [2.45, 2.75) is 5.03 Å². The van der Waals surface area contributed by atoms with Gasteiger partial charge in [-0.05, 0) is 12.1 Å². The van der Waals surface area contributed by atoms with E-state index in [1.807, 2.05) is 24.3 Å². The Balaban J connectivity index is 2.47. The first kappa shape index (κ1) is 10.6. The molecule has 0 aliphatic carbocycles. The molecule has 0 unspecified atom stereocenters. The molecule has 0 spiro atoms. The summed E-state index contributed by atoms with van der Waals surface area (Å²) in [6.45, 7) is 0. The number of aromatic nitrogens is 2. The molecule has 1 N–H and O–H groups in total. The van der Waals surface area contributed by atoms with Crippen molar-refractivity contribution in [1.82, 2.24) is 9.97 Å². The summed E-state index contributed by atoms with van der Waals surface area (Å²) in [6, 6.07) is 8.98. The Bertz CT molecular complexity index is 824. The molecule has 0 aliphatic heterocycles. The molecule has 0 fully saturated rings. The smallest absolute Gasteiger partial charge is 0.276 e. The van der Waals surface area contributed by atoms with E-state index in [0.717, 1.165) is 21.8 Å². The highest BCUT2D eigenvalue weighted by Gasteiger charge is 2.14. The number of nitrogens with one attached hydrogen (secondary N) is 1. The number of aromatic amines is 1. The number of hydrogen-bond acceptors (Lipinski definition) is 3. The third-order valence-corrected chi connectivity index (χ3v) is 3.85. The molecule has 0 aliphatic rings. The standard InChI is InChI=1S/C11H7ClN2O2S/c12-17(15,16)10-5-7-6-13-9-4-2-1-3-8(9)11(7)14-10/h1-6,14H. The van der Waals surface area contributed by atoms with Gasteiger partial charge in [-0.3, -0.25) is 4.98 Å². The zero-order valence-electron chi connectivity index (χ0n) is 8.51. The molecule has 2 aromatic heterocycles. The van der Waals surface area contributed by atoms with E-state index in [-0.39, 0.29) is 5.03 Å². The summed E-state index contributed by atoms with van der Waals surface area (Å²) in [4.78, 5) is 7.07. The van der Waals surface area contributed by atoms with Crippen LogP contribution < -0.4 is 0 Å². The highest BCUT2D eigenvalue weighted by Crippen LogP contribution is 2.26. The van der Waals surface area contributed by atoms with Gasteiger partial charge in [0.25, 0.3) is 9.05 Å². The van der Waals surface area contributed by atoms with Gasteiger partial charge < -0.3 is 4.98 Å². The summed E-state index contributed by atoms with van der Waals surface area (Å²) in [5, 5.41) is 1.59. The SMILES string of the molecule is O=S(=O)(Cl)c1cc2cnc3ccccc3c2[nH]1. The molecule has 0 bridgehead atoms. The minimum atomic E-state index is -3.74. The van der Waals surface area contributed by atoms with Gasteiger partial charge in [0.15, 0.2) is 0 Å². The van der Waals surface area contributed by atoms with E-state index >= 15 is 0 Å². The van der Waals surface area contributed by atoms with E-state index in [4.69, 9.17) is 10.7 Å². The van der Waals surface area contributed by atoms with Crippen molar-refractivity contribution in [1.29, 1.82) is 0 Å². The monoisotopic (exact) mass is 266 g/mol. The first-order chi connectivity index (χ1) is 8.05. The molecule has 0 atom stereocenters. The molecule has 1 aromatic carbocycles. The number of para-hydroxylation sites is 1. The zero-order valence-corrected chi connectivity index (χ0v) is 10.1. The molecule has 0 saturated carbocycles. The molecular formula is C11H7ClN2O2S. The van der Waals surface area contributed by atoms with E-state index in [2.05, 4.69) is 9.97 Å². The molecule has 6 heteroatoms. The van der Waals surface area contributed by atoms with Crippen LogP contribution in [0.4, 0.5) is 0 Å². The topological polar surface area (TPSA) is 62.8 Å². The quantitative estimate of drug-likeness (QED) is 0.689. The van der Waals surface area contributed by atoms with Crippen LogP contribution in [-0.4, -0.2) is 18.4 Å². The number of rotatable bonds is 1. The Kier molecular flexibility index (Phi) is 2.14. The Morgan fingerprint density at radius 1 is 1.24 bits per heavy atom. The van der Waals surface area contributed by atoms with Crippen LogP contribution in [0.5, 0.6) is 0 Å². The summed E-state index contributed by atoms with van der Waals surface area (Å²) < 4.78 is 22.5. The maximum absolute atomic E-state index is 11.3. The van der Waals surface area contributed by atoms with Crippen LogP contribution in [0.15, 0.2) is 41.6 Å². The zero-order chi connectivity index (χ0) is 12.0. The van der Waals surface area contributed by atoms with E-state index in [0.29, 0.717) is 0 Å². The predicted octanol–water partition coefficient (Wildman–Crippen LogP) is 2.64. The minimum absolute atomic E-state index is 0.00711. The fourth-order valence-electron chi connectivity index (χ4n) is 1.84. The summed E-state index contributed by atoms with van der Waals surface area (Å²) in [5.41, 5.74) is 1.54. The van der Waals surface area contributed by atoms with Crippen molar-refractivity contribution in [3.05, 3.63) is 36.5 Å². The lowest BCUT2D eigenvalue weighted by Gasteiger charge is -1.97. The fourth-order valence-corrected chi connectivity index (χ4v) is 2.58. The number of benzene rings is 1. The van der Waals surface area contributed by atoms with Gasteiger partial charge in [-0.15, -0.1) is 0 Å². The summed E-state index contributed by atoms with van der Waals surface area (Å²) in [5.74, 6) is 0. The Morgan fingerprint density at radius 2 is 2.00 bits per heavy atom. The molecule has 0 radical (unpaired) electrons. The third-order valence-electron chi connectivity index (χ3n) is 2.60. The number of fused-ring (bicyclic) bond motifs is 3.